The van der Waals surface area contributed by atoms with Crippen LogP contribution in [0.5, 0.6) is 0 Å². The summed E-state index contributed by atoms with van der Waals surface area (Å²) in [5.41, 5.74) is 2.85. The third-order valence-electron chi connectivity index (χ3n) is 2.63. The summed E-state index contributed by atoms with van der Waals surface area (Å²) in [7, 11) is 0. The first kappa shape index (κ1) is 12.9. The summed E-state index contributed by atoms with van der Waals surface area (Å²) in [6, 6.07) is 0.533. The lowest BCUT2D eigenvalue weighted by molar-refractivity contribution is 0.451. The minimum atomic E-state index is 0.533. The molecule has 0 bridgehead atoms. The summed E-state index contributed by atoms with van der Waals surface area (Å²) in [6.45, 7) is 4.44. The molecule has 80 valence electrons. The largest absolute Gasteiger partial charge is 0.271 e. The molecule has 0 rings (SSSR count). The van der Waals surface area contributed by atoms with Gasteiger partial charge >= 0.3 is 0 Å². The maximum atomic E-state index is 5.40. The zero-order valence-electron chi connectivity index (χ0n) is 9.31. The quantitative estimate of drug-likeness (QED) is 0.330. The van der Waals surface area contributed by atoms with Gasteiger partial charge in [-0.1, -0.05) is 52.4 Å². The van der Waals surface area contributed by atoms with E-state index in [2.05, 4.69) is 19.3 Å². The van der Waals surface area contributed by atoms with E-state index in [1.807, 2.05) is 0 Å². The van der Waals surface area contributed by atoms with Gasteiger partial charge in [0.25, 0.3) is 0 Å². The van der Waals surface area contributed by atoms with Crippen molar-refractivity contribution in [2.45, 2.75) is 71.3 Å². The average molecular weight is 186 g/mol. The van der Waals surface area contributed by atoms with E-state index < -0.39 is 0 Å². The summed E-state index contributed by atoms with van der Waals surface area (Å²) >= 11 is 0. The predicted octanol–water partition coefficient (Wildman–Crippen LogP) is 2.98. The SMILES string of the molecule is CCCCCCCCC(CC)NN. The van der Waals surface area contributed by atoms with Gasteiger partial charge in [-0.15, -0.1) is 0 Å². The third-order valence-corrected chi connectivity index (χ3v) is 2.63. The van der Waals surface area contributed by atoms with E-state index in [4.69, 9.17) is 5.84 Å². The number of hydrazine groups is 1. The Bertz CT molecular complexity index is 90.1. The Balaban J connectivity index is 3.05. The van der Waals surface area contributed by atoms with Gasteiger partial charge < -0.3 is 0 Å². The van der Waals surface area contributed by atoms with Gasteiger partial charge in [0.2, 0.25) is 0 Å². The Morgan fingerprint density at radius 2 is 1.62 bits per heavy atom. The van der Waals surface area contributed by atoms with Crippen molar-refractivity contribution in [3.8, 4) is 0 Å². The van der Waals surface area contributed by atoms with Crippen LogP contribution in [0.2, 0.25) is 0 Å². The molecule has 0 aromatic heterocycles. The zero-order chi connectivity index (χ0) is 9.94. The molecule has 0 saturated heterocycles. The predicted molar refractivity (Wildman–Crippen MR) is 59.4 cm³/mol. The maximum Gasteiger partial charge on any atom is 0.0207 e. The fourth-order valence-corrected chi connectivity index (χ4v) is 1.58. The van der Waals surface area contributed by atoms with Crippen molar-refractivity contribution in [2.75, 3.05) is 0 Å². The van der Waals surface area contributed by atoms with E-state index in [9.17, 15) is 0 Å². The molecule has 3 N–H and O–H groups in total. The number of rotatable bonds is 9. The molecule has 0 aromatic carbocycles. The first-order valence-corrected chi connectivity index (χ1v) is 5.81. The highest BCUT2D eigenvalue weighted by molar-refractivity contribution is 4.60. The molecule has 0 aliphatic heterocycles. The molecular formula is C11H26N2. The Labute approximate surface area is 83.2 Å². The second kappa shape index (κ2) is 10.0. The molecular weight excluding hydrogens is 160 g/mol. The van der Waals surface area contributed by atoms with Gasteiger partial charge in [-0.2, -0.15) is 0 Å². The molecule has 0 aliphatic rings. The van der Waals surface area contributed by atoms with Crippen LogP contribution in [0.1, 0.15) is 65.2 Å². The smallest absolute Gasteiger partial charge is 0.0207 e. The number of hydrogen-bond donors (Lipinski definition) is 2. The van der Waals surface area contributed by atoms with Crippen molar-refractivity contribution in [1.82, 2.24) is 5.43 Å². The van der Waals surface area contributed by atoms with Crippen LogP contribution in [0.25, 0.3) is 0 Å². The minimum absolute atomic E-state index is 0.533. The van der Waals surface area contributed by atoms with Crippen LogP contribution in [-0.2, 0) is 0 Å². The van der Waals surface area contributed by atoms with Gasteiger partial charge in [0.05, 0.1) is 0 Å². The number of nitrogens with one attached hydrogen (secondary N) is 1. The lowest BCUT2D eigenvalue weighted by Gasteiger charge is -2.12. The van der Waals surface area contributed by atoms with Crippen LogP contribution in [0.15, 0.2) is 0 Å². The normalized spacial score (nSPS) is 13.2. The summed E-state index contributed by atoms with van der Waals surface area (Å²) in [5, 5.41) is 0. The summed E-state index contributed by atoms with van der Waals surface area (Å²) < 4.78 is 0. The highest BCUT2D eigenvalue weighted by Crippen LogP contribution is 2.09. The lowest BCUT2D eigenvalue weighted by atomic mass is 10.0. The van der Waals surface area contributed by atoms with Crippen molar-refractivity contribution in [3.63, 3.8) is 0 Å². The Morgan fingerprint density at radius 3 is 2.15 bits per heavy atom. The molecule has 0 spiro atoms. The topological polar surface area (TPSA) is 38.0 Å². The number of unbranched alkanes of at least 4 members (excludes halogenated alkanes) is 5. The third kappa shape index (κ3) is 8.26. The molecule has 1 atom stereocenters. The molecule has 0 aliphatic carbocycles. The molecule has 0 heterocycles. The molecule has 2 nitrogen and oxygen atoms in total. The zero-order valence-corrected chi connectivity index (χ0v) is 9.31. The first-order chi connectivity index (χ1) is 6.35. The highest BCUT2D eigenvalue weighted by atomic mass is 15.2. The fraction of sp³-hybridized carbons (Fsp3) is 1.00. The van der Waals surface area contributed by atoms with Gasteiger partial charge in [0, 0.05) is 6.04 Å². The molecule has 0 fully saturated rings. The molecule has 0 saturated carbocycles. The van der Waals surface area contributed by atoms with Gasteiger partial charge in [-0.25, -0.2) is 0 Å². The van der Waals surface area contributed by atoms with Gasteiger partial charge in [-0.05, 0) is 12.8 Å². The molecule has 0 radical (unpaired) electrons. The second-order valence-corrected chi connectivity index (χ2v) is 3.83. The van der Waals surface area contributed by atoms with Crippen molar-refractivity contribution in [1.29, 1.82) is 0 Å². The van der Waals surface area contributed by atoms with Gasteiger partial charge in [0.15, 0.2) is 0 Å². The molecule has 0 amide bonds. The molecule has 13 heavy (non-hydrogen) atoms. The van der Waals surface area contributed by atoms with Crippen molar-refractivity contribution < 1.29 is 0 Å². The van der Waals surface area contributed by atoms with Crippen LogP contribution < -0.4 is 11.3 Å². The van der Waals surface area contributed by atoms with Crippen LogP contribution in [-0.4, -0.2) is 6.04 Å². The van der Waals surface area contributed by atoms with E-state index in [-0.39, 0.29) is 0 Å². The molecule has 1 unspecified atom stereocenters. The molecule has 2 heteroatoms. The first-order valence-electron chi connectivity index (χ1n) is 5.81. The van der Waals surface area contributed by atoms with Crippen molar-refractivity contribution >= 4 is 0 Å². The van der Waals surface area contributed by atoms with Crippen LogP contribution in [0.3, 0.4) is 0 Å². The van der Waals surface area contributed by atoms with Gasteiger partial charge in [0.1, 0.15) is 0 Å². The molecule has 0 aromatic rings. The fourth-order valence-electron chi connectivity index (χ4n) is 1.58. The van der Waals surface area contributed by atoms with Crippen molar-refractivity contribution in [3.05, 3.63) is 0 Å². The lowest BCUT2D eigenvalue weighted by Crippen LogP contribution is -2.34. The van der Waals surface area contributed by atoms with Gasteiger partial charge in [-0.3, -0.25) is 11.3 Å². The standard InChI is InChI=1S/C11H26N2/c1-3-5-6-7-8-9-10-11(4-2)13-12/h11,13H,3-10,12H2,1-2H3. The maximum absolute atomic E-state index is 5.40. The van der Waals surface area contributed by atoms with E-state index >= 15 is 0 Å². The van der Waals surface area contributed by atoms with E-state index in [1.54, 1.807) is 0 Å². The average Bonchev–Trinajstić information content (AvgIpc) is 2.17. The minimum Gasteiger partial charge on any atom is -0.271 e. The Morgan fingerprint density at radius 1 is 1.00 bits per heavy atom. The van der Waals surface area contributed by atoms with Crippen LogP contribution in [0.4, 0.5) is 0 Å². The number of nitrogens with two attached hydrogens (primary N) is 1. The van der Waals surface area contributed by atoms with E-state index in [1.165, 1.54) is 44.9 Å². The van der Waals surface area contributed by atoms with Crippen LogP contribution >= 0.6 is 0 Å². The highest BCUT2D eigenvalue weighted by Gasteiger charge is 2.01. The van der Waals surface area contributed by atoms with Crippen molar-refractivity contribution in [2.24, 2.45) is 5.84 Å². The van der Waals surface area contributed by atoms with E-state index in [0.29, 0.717) is 6.04 Å². The number of hydrogen-bond acceptors (Lipinski definition) is 2. The Hall–Kier alpha value is -0.0800. The monoisotopic (exact) mass is 186 g/mol. The summed E-state index contributed by atoms with van der Waals surface area (Å²) in [4.78, 5) is 0. The summed E-state index contributed by atoms with van der Waals surface area (Å²) in [6.07, 6.45) is 10.6. The van der Waals surface area contributed by atoms with Crippen LogP contribution in [0, 0.1) is 0 Å². The Kier molecular flexibility index (Phi) is 9.94. The van der Waals surface area contributed by atoms with E-state index in [0.717, 1.165) is 6.42 Å². The summed E-state index contributed by atoms with van der Waals surface area (Å²) in [5.74, 6) is 5.40. The second-order valence-electron chi connectivity index (χ2n) is 3.83.